The van der Waals surface area contributed by atoms with Gasteiger partial charge in [-0.1, -0.05) is 0 Å². The molecule has 0 aliphatic carbocycles. The number of carboxylic acids is 1. The van der Waals surface area contributed by atoms with Gasteiger partial charge in [-0.2, -0.15) is 0 Å². The molecule has 0 aliphatic heterocycles. The molecule has 0 spiro atoms. The average Bonchev–Trinajstić information content (AvgIpc) is 1.80. The fourth-order valence-corrected chi connectivity index (χ4v) is 0.603. The molecule has 0 unspecified atom stereocenters. The molecular weight excluding hydrogens is 177 g/mol. The molecule has 0 saturated heterocycles. The van der Waals surface area contributed by atoms with Crippen molar-refractivity contribution in [3.63, 3.8) is 0 Å². The van der Waals surface area contributed by atoms with Crippen molar-refractivity contribution in [2.75, 3.05) is 6.61 Å². The molecule has 0 fully saturated rings. The number of phosphoric acid groups is 1. The fourth-order valence-electron chi connectivity index (χ4n) is 0.249. The highest BCUT2D eigenvalue weighted by molar-refractivity contribution is 7.46. The quantitative estimate of drug-likeness (QED) is 0.392. The van der Waals surface area contributed by atoms with E-state index in [1.165, 1.54) is 0 Å². The number of carbonyl (C=O) groups is 1. The molecule has 8 heteroatoms. The first kappa shape index (κ1) is 10.5. The number of phosphoric ester groups is 1. The lowest BCUT2D eigenvalue weighted by atomic mass is 10.3. The number of rotatable bonds is 4. The first-order chi connectivity index (χ1) is 4.83. The van der Waals surface area contributed by atoms with Gasteiger partial charge in [0, 0.05) is 0 Å². The van der Waals surface area contributed by atoms with E-state index in [1.807, 2.05) is 0 Å². The van der Waals surface area contributed by atoms with Crippen molar-refractivity contribution in [2.45, 2.75) is 6.04 Å². The standard InChI is InChI=1S/C3H8NO6P/c4-2(3(5)6)1-10-11(7,8)9/h2H,1,4H2,(H,5,6)(H2,7,8,9)/t2-/m1/s1. The van der Waals surface area contributed by atoms with E-state index in [9.17, 15) is 9.36 Å². The molecule has 0 rings (SSSR count). The SMILES string of the molecule is N[C@H](COP(=O)(O)O)C(=O)O. The van der Waals surface area contributed by atoms with Crippen LogP contribution in [0.4, 0.5) is 0 Å². The summed E-state index contributed by atoms with van der Waals surface area (Å²) in [6.07, 6.45) is 0. The zero-order chi connectivity index (χ0) is 9.07. The first-order valence-electron chi connectivity index (χ1n) is 2.51. The van der Waals surface area contributed by atoms with Gasteiger partial charge in [-0.15, -0.1) is 0 Å². The van der Waals surface area contributed by atoms with Crippen molar-refractivity contribution in [3.05, 3.63) is 0 Å². The van der Waals surface area contributed by atoms with Gasteiger partial charge in [0.25, 0.3) is 0 Å². The van der Waals surface area contributed by atoms with Crippen LogP contribution >= 0.6 is 7.82 Å². The van der Waals surface area contributed by atoms with Crippen molar-refractivity contribution >= 4 is 13.8 Å². The monoisotopic (exact) mass is 185 g/mol. The molecule has 0 saturated carbocycles. The predicted molar refractivity (Wildman–Crippen MR) is 33.6 cm³/mol. The summed E-state index contributed by atoms with van der Waals surface area (Å²) in [6.45, 7) is -0.709. The van der Waals surface area contributed by atoms with Crippen molar-refractivity contribution in [1.82, 2.24) is 0 Å². The lowest BCUT2D eigenvalue weighted by Crippen LogP contribution is -2.34. The minimum absolute atomic E-state index is 0.709. The summed E-state index contributed by atoms with van der Waals surface area (Å²) in [4.78, 5) is 26.1. The summed E-state index contributed by atoms with van der Waals surface area (Å²) in [5.41, 5.74) is 4.86. The lowest BCUT2D eigenvalue weighted by Gasteiger charge is -2.07. The van der Waals surface area contributed by atoms with Crippen LogP contribution in [0, 0.1) is 0 Å². The van der Waals surface area contributed by atoms with Crippen LogP contribution in [-0.2, 0) is 13.9 Å². The van der Waals surface area contributed by atoms with Crippen LogP contribution in [0.15, 0.2) is 0 Å². The Morgan fingerprint density at radius 2 is 2.09 bits per heavy atom. The van der Waals surface area contributed by atoms with Crippen molar-refractivity contribution in [1.29, 1.82) is 0 Å². The predicted octanol–water partition coefficient (Wildman–Crippen LogP) is -1.49. The molecule has 0 amide bonds. The maximum absolute atomic E-state index is 9.98. The summed E-state index contributed by atoms with van der Waals surface area (Å²) in [5, 5.41) is 8.12. The van der Waals surface area contributed by atoms with Gasteiger partial charge in [-0.25, -0.2) is 4.57 Å². The van der Waals surface area contributed by atoms with E-state index < -0.39 is 26.4 Å². The van der Waals surface area contributed by atoms with E-state index in [0.717, 1.165) is 0 Å². The zero-order valence-corrected chi connectivity index (χ0v) is 6.27. The second-order valence-electron chi connectivity index (χ2n) is 1.73. The Morgan fingerprint density at radius 1 is 1.64 bits per heavy atom. The fraction of sp³-hybridized carbons (Fsp3) is 0.667. The van der Waals surface area contributed by atoms with Gasteiger partial charge in [-0.3, -0.25) is 9.32 Å². The number of hydrogen-bond donors (Lipinski definition) is 4. The van der Waals surface area contributed by atoms with Crippen molar-refractivity contribution in [3.8, 4) is 0 Å². The molecule has 7 nitrogen and oxygen atoms in total. The minimum Gasteiger partial charge on any atom is -0.480 e. The Morgan fingerprint density at radius 3 is 2.36 bits per heavy atom. The molecule has 0 heterocycles. The third-order valence-electron chi connectivity index (χ3n) is 0.739. The van der Waals surface area contributed by atoms with Crippen LogP contribution in [0.2, 0.25) is 0 Å². The molecule has 0 bridgehead atoms. The molecule has 66 valence electrons. The number of hydrogen-bond acceptors (Lipinski definition) is 4. The summed E-state index contributed by atoms with van der Waals surface area (Å²) in [5.74, 6) is -1.38. The van der Waals surface area contributed by atoms with E-state index in [-0.39, 0.29) is 0 Å². The molecule has 0 aromatic rings. The van der Waals surface area contributed by atoms with E-state index in [4.69, 9.17) is 20.6 Å². The van der Waals surface area contributed by atoms with Crippen LogP contribution in [-0.4, -0.2) is 33.5 Å². The maximum Gasteiger partial charge on any atom is 0.469 e. The highest BCUT2D eigenvalue weighted by Gasteiger charge is 2.19. The van der Waals surface area contributed by atoms with Gasteiger partial charge in [-0.05, 0) is 0 Å². The maximum atomic E-state index is 9.98. The molecule has 5 N–H and O–H groups in total. The second-order valence-corrected chi connectivity index (χ2v) is 2.97. The third-order valence-corrected chi connectivity index (χ3v) is 1.22. The molecule has 11 heavy (non-hydrogen) atoms. The average molecular weight is 185 g/mol. The van der Waals surface area contributed by atoms with Crippen molar-refractivity contribution < 1.29 is 28.8 Å². The van der Waals surface area contributed by atoms with E-state index in [0.29, 0.717) is 0 Å². The molecular formula is C3H8NO6P. The van der Waals surface area contributed by atoms with Gasteiger partial charge in [0.05, 0.1) is 6.61 Å². The molecule has 0 aliphatic rings. The largest absolute Gasteiger partial charge is 0.480 e. The van der Waals surface area contributed by atoms with Crippen LogP contribution in [0.3, 0.4) is 0 Å². The van der Waals surface area contributed by atoms with Crippen LogP contribution in [0.1, 0.15) is 0 Å². The second kappa shape index (κ2) is 3.80. The number of carboxylic acid groups (broad SMARTS) is 1. The van der Waals surface area contributed by atoms with Crippen LogP contribution in [0.5, 0.6) is 0 Å². The van der Waals surface area contributed by atoms with E-state index >= 15 is 0 Å². The van der Waals surface area contributed by atoms with Gasteiger partial charge in [0.1, 0.15) is 6.04 Å². The van der Waals surface area contributed by atoms with Crippen LogP contribution < -0.4 is 5.73 Å². The highest BCUT2D eigenvalue weighted by Crippen LogP contribution is 2.35. The summed E-state index contributed by atoms with van der Waals surface area (Å²) < 4.78 is 13.8. The van der Waals surface area contributed by atoms with Crippen molar-refractivity contribution in [2.24, 2.45) is 5.73 Å². The molecule has 1 atom stereocenters. The van der Waals surface area contributed by atoms with E-state index in [1.54, 1.807) is 0 Å². The Balaban J connectivity index is 3.72. The van der Waals surface area contributed by atoms with Gasteiger partial charge in [0.15, 0.2) is 0 Å². The summed E-state index contributed by atoms with van der Waals surface area (Å²) in [7, 11) is -4.60. The lowest BCUT2D eigenvalue weighted by molar-refractivity contribution is -0.139. The Labute approximate surface area is 62.0 Å². The Bertz CT molecular complexity index is 186. The normalized spacial score (nSPS) is 14.5. The number of aliphatic carboxylic acids is 1. The van der Waals surface area contributed by atoms with Gasteiger partial charge in [0.2, 0.25) is 0 Å². The first-order valence-corrected chi connectivity index (χ1v) is 4.04. The highest BCUT2D eigenvalue weighted by atomic mass is 31.2. The summed E-state index contributed by atoms with van der Waals surface area (Å²) >= 11 is 0. The Hall–Kier alpha value is -0.460. The minimum atomic E-state index is -4.60. The third kappa shape index (κ3) is 5.96. The summed E-state index contributed by atoms with van der Waals surface area (Å²) in [6, 6.07) is -1.41. The molecule has 0 aromatic carbocycles. The molecule has 0 aromatic heterocycles. The Kier molecular flexibility index (Phi) is 3.64. The zero-order valence-electron chi connectivity index (χ0n) is 5.38. The van der Waals surface area contributed by atoms with E-state index in [2.05, 4.69) is 4.52 Å². The number of nitrogens with two attached hydrogens (primary N) is 1. The smallest absolute Gasteiger partial charge is 0.469 e. The topological polar surface area (TPSA) is 130 Å². The van der Waals surface area contributed by atoms with Gasteiger partial charge < -0.3 is 20.6 Å². The van der Waals surface area contributed by atoms with Crippen LogP contribution in [0.25, 0.3) is 0 Å². The molecule has 0 radical (unpaired) electrons. The van der Waals surface area contributed by atoms with Gasteiger partial charge >= 0.3 is 13.8 Å².